The Bertz CT molecular complexity index is 558. The van der Waals surface area contributed by atoms with Crippen LogP contribution in [-0.4, -0.2) is 39.0 Å². The van der Waals surface area contributed by atoms with Crippen molar-refractivity contribution in [3.05, 3.63) is 23.8 Å². The van der Waals surface area contributed by atoms with E-state index >= 15 is 0 Å². The lowest BCUT2D eigenvalue weighted by molar-refractivity contribution is 0.0610. The average Bonchev–Trinajstić information content (AvgIpc) is 2.35. The van der Waals surface area contributed by atoms with Crippen LogP contribution in [0.3, 0.4) is 0 Å². The van der Waals surface area contributed by atoms with Crippen molar-refractivity contribution in [3.8, 4) is 5.75 Å². The summed E-state index contributed by atoms with van der Waals surface area (Å²) in [5.41, 5.74) is 0.957. The first-order valence-electron chi connectivity index (χ1n) is 6.88. The van der Waals surface area contributed by atoms with E-state index in [9.17, 15) is 13.5 Å². The SMILES string of the molecule is CCOC(CNC(C)C)c1ccc(O)c(NS(C)(=O)=O)c1. The third-order valence-electron chi connectivity index (χ3n) is 2.77. The lowest BCUT2D eigenvalue weighted by Gasteiger charge is -2.20. The van der Waals surface area contributed by atoms with Crippen LogP contribution in [-0.2, 0) is 14.8 Å². The molecule has 7 heteroatoms. The molecular weight excluding hydrogens is 292 g/mol. The Morgan fingerprint density at radius 2 is 2.00 bits per heavy atom. The summed E-state index contributed by atoms with van der Waals surface area (Å²) in [6.07, 6.45) is 0.831. The standard InChI is InChI=1S/C14H24N2O4S/c1-5-20-14(9-15-10(2)3)11-6-7-13(17)12(8-11)16-21(4,18)19/h6-8,10,14-17H,5,9H2,1-4H3. The number of hydrogen-bond donors (Lipinski definition) is 3. The monoisotopic (exact) mass is 316 g/mol. The highest BCUT2D eigenvalue weighted by molar-refractivity contribution is 7.92. The van der Waals surface area contributed by atoms with Crippen molar-refractivity contribution >= 4 is 15.7 Å². The fourth-order valence-corrected chi connectivity index (χ4v) is 2.42. The minimum Gasteiger partial charge on any atom is -0.506 e. The quantitative estimate of drug-likeness (QED) is 0.637. The Morgan fingerprint density at radius 1 is 1.33 bits per heavy atom. The normalized spacial score (nSPS) is 13.4. The minimum atomic E-state index is -3.45. The molecule has 1 rings (SSSR count). The van der Waals surface area contributed by atoms with Gasteiger partial charge in [0, 0.05) is 19.2 Å². The molecule has 1 aromatic rings. The fraction of sp³-hybridized carbons (Fsp3) is 0.571. The number of phenolic OH excluding ortho intramolecular Hbond substituents is 1. The molecule has 0 bridgehead atoms. The molecular formula is C14H24N2O4S. The van der Waals surface area contributed by atoms with E-state index < -0.39 is 10.0 Å². The lowest BCUT2D eigenvalue weighted by Crippen LogP contribution is -2.29. The predicted octanol–water partition coefficient (Wildman–Crippen LogP) is 1.84. The van der Waals surface area contributed by atoms with Crippen molar-refractivity contribution in [2.75, 3.05) is 24.1 Å². The fourth-order valence-electron chi connectivity index (χ4n) is 1.85. The number of aromatic hydroxyl groups is 1. The van der Waals surface area contributed by atoms with Gasteiger partial charge in [0.1, 0.15) is 5.75 Å². The van der Waals surface area contributed by atoms with E-state index in [-0.39, 0.29) is 17.5 Å². The third kappa shape index (κ3) is 6.33. The molecule has 0 saturated heterocycles. The van der Waals surface area contributed by atoms with Gasteiger partial charge in [-0.2, -0.15) is 0 Å². The van der Waals surface area contributed by atoms with Crippen LogP contribution < -0.4 is 10.0 Å². The Labute approximate surface area is 126 Å². The Morgan fingerprint density at radius 3 is 2.52 bits per heavy atom. The number of anilines is 1. The summed E-state index contributed by atoms with van der Waals surface area (Å²) in [5, 5.41) is 13.0. The first kappa shape index (κ1) is 17.7. The van der Waals surface area contributed by atoms with Gasteiger partial charge >= 0.3 is 0 Å². The van der Waals surface area contributed by atoms with Gasteiger partial charge < -0.3 is 15.2 Å². The van der Waals surface area contributed by atoms with Gasteiger partial charge in [-0.3, -0.25) is 4.72 Å². The van der Waals surface area contributed by atoms with Gasteiger partial charge in [0.25, 0.3) is 0 Å². The van der Waals surface area contributed by atoms with Gasteiger partial charge in [-0.15, -0.1) is 0 Å². The minimum absolute atomic E-state index is 0.115. The first-order valence-corrected chi connectivity index (χ1v) is 8.77. The maximum Gasteiger partial charge on any atom is 0.229 e. The van der Waals surface area contributed by atoms with Crippen molar-refractivity contribution < 1.29 is 18.3 Å². The van der Waals surface area contributed by atoms with E-state index in [1.807, 2.05) is 20.8 Å². The number of phenols is 1. The summed E-state index contributed by atoms with van der Waals surface area (Å²) in [5.74, 6) is -0.115. The largest absolute Gasteiger partial charge is 0.506 e. The smallest absolute Gasteiger partial charge is 0.229 e. The van der Waals surface area contributed by atoms with Crippen LogP contribution in [0.15, 0.2) is 18.2 Å². The van der Waals surface area contributed by atoms with Gasteiger partial charge in [-0.05, 0) is 24.6 Å². The van der Waals surface area contributed by atoms with E-state index in [1.165, 1.54) is 6.07 Å². The van der Waals surface area contributed by atoms with E-state index in [0.717, 1.165) is 11.8 Å². The summed E-state index contributed by atoms with van der Waals surface area (Å²) in [6.45, 7) is 7.13. The molecule has 0 radical (unpaired) electrons. The van der Waals surface area contributed by atoms with E-state index in [1.54, 1.807) is 12.1 Å². The highest BCUT2D eigenvalue weighted by atomic mass is 32.2. The molecule has 0 fully saturated rings. The second kappa shape index (κ2) is 7.63. The summed E-state index contributed by atoms with van der Waals surface area (Å²) in [6, 6.07) is 5.10. The van der Waals surface area contributed by atoms with Crippen molar-refractivity contribution in [2.24, 2.45) is 0 Å². The Balaban J connectivity index is 3.00. The maximum absolute atomic E-state index is 11.3. The maximum atomic E-state index is 11.3. The number of nitrogens with one attached hydrogen (secondary N) is 2. The molecule has 0 heterocycles. The molecule has 21 heavy (non-hydrogen) atoms. The van der Waals surface area contributed by atoms with Gasteiger partial charge in [0.05, 0.1) is 18.0 Å². The van der Waals surface area contributed by atoms with E-state index in [2.05, 4.69) is 10.0 Å². The molecule has 0 amide bonds. The number of benzene rings is 1. The number of ether oxygens (including phenoxy) is 1. The molecule has 6 nitrogen and oxygen atoms in total. The molecule has 0 saturated carbocycles. The van der Waals surface area contributed by atoms with E-state index in [0.29, 0.717) is 19.2 Å². The van der Waals surface area contributed by atoms with Crippen LogP contribution in [0.25, 0.3) is 0 Å². The molecule has 0 spiro atoms. The van der Waals surface area contributed by atoms with Crippen molar-refractivity contribution in [2.45, 2.75) is 32.9 Å². The number of rotatable bonds is 8. The van der Waals surface area contributed by atoms with Crippen LogP contribution in [0.4, 0.5) is 5.69 Å². The van der Waals surface area contributed by atoms with Crippen molar-refractivity contribution in [1.29, 1.82) is 0 Å². The van der Waals surface area contributed by atoms with Gasteiger partial charge in [0.2, 0.25) is 10.0 Å². The zero-order valence-electron chi connectivity index (χ0n) is 12.9. The van der Waals surface area contributed by atoms with Gasteiger partial charge in [-0.1, -0.05) is 19.9 Å². The number of sulfonamides is 1. The Hall–Kier alpha value is -1.31. The Kier molecular flexibility index (Phi) is 6.44. The second-order valence-electron chi connectivity index (χ2n) is 5.16. The zero-order valence-corrected chi connectivity index (χ0v) is 13.7. The second-order valence-corrected chi connectivity index (χ2v) is 6.91. The lowest BCUT2D eigenvalue weighted by atomic mass is 10.1. The molecule has 0 aliphatic rings. The van der Waals surface area contributed by atoms with Crippen LogP contribution in [0.5, 0.6) is 5.75 Å². The van der Waals surface area contributed by atoms with Crippen LogP contribution in [0, 0.1) is 0 Å². The summed E-state index contributed by atoms with van der Waals surface area (Å²) >= 11 is 0. The molecule has 3 N–H and O–H groups in total. The highest BCUT2D eigenvalue weighted by Gasteiger charge is 2.15. The summed E-state index contributed by atoms with van der Waals surface area (Å²) < 4.78 is 30.6. The summed E-state index contributed by atoms with van der Waals surface area (Å²) in [7, 11) is -3.45. The molecule has 1 atom stereocenters. The van der Waals surface area contributed by atoms with Gasteiger partial charge in [0.15, 0.2) is 0 Å². The molecule has 0 aliphatic carbocycles. The van der Waals surface area contributed by atoms with Crippen molar-refractivity contribution in [3.63, 3.8) is 0 Å². The molecule has 1 unspecified atom stereocenters. The topological polar surface area (TPSA) is 87.7 Å². The molecule has 0 aliphatic heterocycles. The number of hydrogen-bond acceptors (Lipinski definition) is 5. The van der Waals surface area contributed by atoms with Gasteiger partial charge in [-0.25, -0.2) is 8.42 Å². The zero-order chi connectivity index (χ0) is 16.0. The molecule has 120 valence electrons. The predicted molar refractivity (Wildman–Crippen MR) is 84.1 cm³/mol. The van der Waals surface area contributed by atoms with Crippen LogP contribution >= 0.6 is 0 Å². The highest BCUT2D eigenvalue weighted by Crippen LogP contribution is 2.29. The summed E-state index contributed by atoms with van der Waals surface area (Å²) in [4.78, 5) is 0. The average molecular weight is 316 g/mol. The van der Waals surface area contributed by atoms with Crippen LogP contribution in [0.2, 0.25) is 0 Å². The first-order chi connectivity index (χ1) is 9.73. The molecule has 0 aromatic heterocycles. The third-order valence-corrected chi connectivity index (χ3v) is 3.36. The van der Waals surface area contributed by atoms with E-state index in [4.69, 9.17) is 4.74 Å². The molecule has 1 aromatic carbocycles. The van der Waals surface area contributed by atoms with Crippen LogP contribution in [0.1, 0.15) is 32.4 Å². The van der Waals surface area contributed by atoms with Crippen molar-refractivity contribution in [1.82, 2.24) is 5.32 Å².